The summed E-state index contributed by atoms with van der Waals surface area (Å²) in [6.45, 7) is 3.19. The first-order valence-corrected chi connectivity index (χ1v) is 12.2. The number of aryl methyl sites for hydroxylation is 1. The summed E-state index contributed by atoms with van der Waals surface area (Å²) in [4.78, 5) is 3.93. The van der Waals surface area contributed by atoms with Crippen molar-refractivity contribution in [1.82, 2.24) is 4.98 Å². The Balaban J connectivity index is 0.00000361. The molecular weight excluding hydrogens is 483 g/mol. The first kappa shape index (κ1) is 28.2. The second-order valence-corrected chi connectivity index (χ2v) is 9.63. The molecule has 0 amide bonds. The third kappa shape index (κ3) is 8.08. The Kier molecular flexibility index (Phi) is 10.00. The molecule has 1 saturated carbocycles. The first-order chi connectivity index (χ1) is 16.8. The van der Waals surface area contributed by atoms with Crippen LogP contribution in [0.3, 0.4) is 0 Å². The molecule has 3 nitrogen and oxygen atoms in total. The molecule has 1 N–H and O–H groups in total. The number of aliphatic hydroxyl groups is 1. The number of pyridine rings is 1. The van der Waals surface area contributed by atoms with Crippen LogP contribution in [0.2, 0.25) is 0 Å². The van der Waals surface area contributed by atoms with Crippen LogP contribution in [0.4, 0.5) is 13.2 Å². The van der Waals surface area contributed by atoms with Gasteiger partial charge in [-0.25, -0.2) is 4.98 Å². The molecule has 2 atom stereocenters. The van der Waals surface area contributed by atoms with Crippen LogP contribution in [-0.4, -0.2) is 23.3 Å². The molecule has 4 rings (SSSR count). The van der Waals surface area contributed by atoms with Gasteiger partial charge in [0.25, 0.3) is 0 Å². The topological polar surface area (TPSA) is 42.4 Å². The number of hydrogen-bond acceptors (Lipinski definition) is 3. The Morgan fingerprint density at radius 3 is 2.31 bits per heavy atom. The maximum atomic E-state index is 13.9. The highest BCUT2D eigenvalue weighted by atomic mass is 32.1. The van der Waals surface area contributed by atoms with E-state index in [1.54, 1.807) is 18.2 Å². The van der Waals surface area contributed by atoms with Gasteiger partial charge in [0, 0.05) is 24.3 Å². The average molecular weight is 518 g/mol. The molecule has 2 aromatic carbocycles. The molecule has 0 spiro atoms. The Morgan fingerprint density at radius 2 is 1.67 bits per heavy atom. The molecule has 1 unspecified atom stereocenters. The van der Waals surface area contributed by atoms with Crippen molar-refractivity contribution in [3.8, 4) is 11.3 Å². The average Bonchev–Trinajstić information content (AvgIpc) is 3.67. The summed E-state index contributed by atoms with van der Waals surface area (Å²) >= 11 is 0. The SMILES string of the molecule is Cc1ccc(-c2ccc(C(O)CC[C@H](COCC3CC3)Cc3ccccc3)c(C(F)(F)F)n2)cc1.S. The first-order valence-electron chi connectivity index (χ1n) is 12.2. The van der Waals surface area contributed by atoms with Crippen molar-refractivity contribution in [2.75, 3.05) is 13.2 Å². The number of halogens is 3. The van der Waals surface area contributed by atoms with E-state index >= 15 is 0 Å². The molecule has 1 heterocycles. The fourth-order valence-corrected chi connectivity index (χ4v) is 4.28. The zero-order valence-corrected chi connectivity index (χ0v) is 21.5. The lowest BCUT2D eigenvalue weighted by molar-refractivity contribution is -0.142. The monoisotopic (exact) mass is 517 g/mol. The lowest BCUT2D eigenvalue weighted by Gasteiger charge is -2.21. The molecule has 7 heteroatoms. The lowest BCUT2D eigenvalue weighted by Crippen LogP contribution is -2.18. The highest BCUT2D eigenvalue weighted by Gasteiger charge is 2.37. The molecule has 1 fully saturated rings. The van der Waals surface area contributed by atoms with E-state index in [2.05, 4.69) is 4.98 Å². The van der Waals surface area contributed by atoms with Crippen molar-refractivity contribution >= 4 is 13.5 Å². The third-order valence-corrected chi connectivity index (χ3v) is 6.52. The number of ether oxygens (including phenoxy) is 1. The molecule has 0 saturated heterocycles. The fraction of sp³-hybridized carbons (Fsp3) is 0.414. The summed E-state index contributed by atoms with van der Waals surface area (Å²) in [6, 6.07) is 20.1. The van der Waals surface area contributed by atoms with Crippen LogP contribution in [0.25, 0.3) is 11.3 Å². The van der Waals surface area contributed by atoms with Gasteiger partial charge in [0.15, 0.2) is 5.69 Å². The van der Waals surface area contributed by atoms with E-state index in [9.17, 15) is 18.3 Å². The molecular formula is C29H34F3NO2S. The van der Waals surface area contributed by atoms with Gasteiger partial charge in [-0.2, -0.15) is 26.7 Å². The Hall–Kier alpha value is -2.35. The van der Waals surface area contributed by atoms with Crippen LogP contribution in [0.1, 0.15) is 54.2 Å². The fourth-order valence-electron chi connectivity index (χ4n) is 4.28. The van der Waals surface area contributed by atoms with E-state index in [4.69, 9.17) is 4.74 Å². The largest absolute Gasteiger partial charge is 0.433 e. The Bertz CT molecular complexity index is 1090. The maximum Gasteiger partial charge on any atom is 0.433 e. The van der Waals surface area contributed by atoms with Gasteiger partial charge in [-0.1, -0.05) is 66.2 Å². The van der Waals surface area contributed by atoms with Crippen LogP contribution in [-0.2, 0) is 17.3 Å². The van der Waals surface area contributed by atoms with Crippen molar-refractivity contribution in [2.24, 2.45) is 11.8 Å². The van der Waals surface area contributed by atoms with Gasteiger partial charge in [0.2, 0.25) is 0 Å². The van der Waals surface area contributed by atoms with Crippen LogP contribution >= 0.6 is 13.5 Å². The Labute approximate surface area is 218 Å². The quantitative estimate of drug-likeness (QED) is 0.290. The molecule has 0 aliphatic heterocycles. The van der Waals surface area contributed by atoms with Gasteiger partial charge in [0.05, 0.1) is 11.8 Å². The maximum absolute atomic E-state index is 13.9. The summed E-state index contributed by atoms with van der Waals surface area (Å²) in [7, 11) is 0. The number of aliphatic hydroxyl groups excluding tert-OH is 1. The Morgan fingerprint density at radius 1 is 0.972 bits per heavy atom. The van der Waals surface area contributed by atoms with E-state index in [1.165, 1.54) is 18.9 Å². The van der Waals surface area contributed by atoms with Gasteiger partial charge in [-0.3, -0.25) is 0 Å². The summed E-state index contributed by atoms with van der Waals surface area (Å²) in [5.74, 6) is 0.755. The van der Waals surface area contributed by atoms with Crippen molar-refractivity contribution in [2.45, 2.75) is 51.3 Å². The normalized spacial score (nSPS) is 15.2. The van der Waals surface area contributed by atoms with Gasteiger partial charge >= 0.3 is 6.18 Å². The highest BCUT2D eigenvalue weighted by Crippen LogP contribution is 2.37. The summed E-state index contributed by atoms with van der Waals surface area (Å²) in [6.07, 6.45) is -1.99. The minimum atomic E-state index is -4.66. The number of aromatic nitrogens is 1. The molecule has 0 radical (unpaired) electrons. The third-order valence-electron chi connectivity index (χ3n) is 6.52. The highest BCUT2D eigenvalue weighted by molar-refractivity contribution is 7.59. The second kappa shape index (κ2) is 12.7. The molecule has 1 aliphatic carbocycles. The van der Waals surface area contributed by atoms with Crippen LogP contribution in [0.5, 0.6) is 0 Å². The summed E-state index contributed by atoms with van der Waals surface area (Å²) < 4.78 is 47.6. The van der Waals surface area contributed by atoms with Crippen molar-refractivity contribution in [3.05, 3.63) is 89.1 Å². The minimum Gasteiger partial charge on any atom is -0.388 e. The van der Waals surface area contributed by atoms with E-state index in [1.807, 2.05) is 49.4 Å². The van der Waals surface area contributed by atoms with Crippen LogP contribution < -0.4 is 0 Å². The van der Waals surface area contributed by atoms with E-state index in [0.29, 0.717) is 24.5 Å². The zero-order chi connectivity index (χ0) is 24.8. The van der Waals surface area contributed by atoms with E-state index in [-0.39, 0.29) is 37.1 Å². The number of benzene rings is 2. The van der Waals surface area contributed by atoms with Crippen molar-refractivity contribution < 1.29 is 23.0 Å². The zero-order valence-electron chi connectivity index (χ0n) is 20.5. The number of nitrogens with zero attached hydrogens (tertiary/aromatic N) is 1. The predicted molar refractivity (Wildman–Crippen MR) is 141 cm³/mol. The van der Waals surface area contributed by atoms with Crippen LogP contribution in [0.15, 0.2) is 66.7 Å². The molecule has 36 heavy (non-hydrogen) atoms. The van der Waals surface area contributed by atoms with Gasteiger partial charge < -0.3 is 9.84 Å². The van der Waals surface area contributed by atoms with E-state index < -0.39 is 18.0 Å². The second-order valence-electron chi connectivity index (χ2n) is 9.63. The number of rotatable bonds is 11. The van der Waals surface area contributed by atoms with Gasteiger partial charge in [-0.05, 0) is 62.5 Å². The summed E-state index contributed by atoms with van der Waals surface area (Å²) in [5.41, 5.74) is 1.82. The standard InChI is InChI=1S/C29H32F3NO2.H2S/c1-20-7-12-24(13-8-20)26-15-14-25(28(33-26)29(30,31)32)27(34)16-11-23(19-35-18-22-9-10-22)17-21-5-3-2-4-6-21;/h2-8,12-15,22-23,27,34H,9-11,16-19H2,1H3;1H2/t23-,27?;/m0./s1. The molecule has 1 aromatic heterocycles. The van der Waals surface area contributed by atoms with E-state index in [0.717, 1.165) is 24.2 Å². The molecule has 0 bridgehead atoms. The smallest absolute Gasteiger partial charge is 0.388 e. The van der Waals surface area contributed by atoms with Crippen molar-refractivity contribution in [3.63, 3.8) is 0 Å². The number of alkyl halides is 3. The molecule has 194 valence electrons. The van der Waals surface area contributed by atoms with Crippen LogP contribution in [0, 0.1) is 18.8 Å². The molecule has 3 aromatic rings. The van der Waals surface area contributed by atoms with Gasteiger partial charge in [0.1, 0.15) is 0 Å². The lowest BCUT2D eigenvalue weighted by atomic mass is 9.92. The number of hydrogen-bond donors (Lipinski definition) is 1. The van der Waals surface area contributed by atoms with Gasteiger partial charge in [-0.15, -0.1) is 0 Å². The predicted octanol–water partition coefficient (Wildman–Crippen LogP) is 7.29. The molecule has 1 aliphatic rings. The van der Waals surface area contributed by atoms with Crippen molar-refractivity contribution in [1.29, 1.82) is 0 Å². The summed E-state index contributed by atoms with van der Waals surface area (Å²) in [5, 5.41) is 10.8. The minimum absolute atomic E-state index is 0.